The van der Waals surface area contributed by atoms with E-state index in [-0.39, 0.29) is 11.3 Å². The number of Topliss-reactive ketones (excluding diaryl/α,β-unsaturated/α-hetero) is 1. The molecule has 140 valence electrons. The molecule has 0 N–H and O–H groups in total. The first kappa shape index (κ1) is 17.9. The van der Waals surface area contributed by atoms with Crippen molar-refractivity contribution in [2.24, 2.45) is 5.92 Å². The van der Waals surface area contributed by atoms with Gasteiger partial charge in [-0.05, 0) is 63.3 Å². The Morgan fingerprint density at radius 2 is 1.93 bits per heavy atom. The van der Waals surface area contributed by atoms with Crippen LogP contribution in [0.2, 0.25) is 0 Å². The Bertz CT molecular complexity index is 938. The van der Waals surface area contributed by atoms with E-state index < -0.39 is 5.82 Å². The van der Waals surface area contributed by atoms with Gasteiger partial charge in [-0.15, -0.1) is 0 Å². The summed E-state index contributed by atoms with van der Waals surface area (Å²) >= 11 is 0. The molecular weight excluding hydrogens is 341 g/mol. The molecule has 2 aromatic rings. The molecule has 4 rings (SSSR count). The number of rotatable bonds is 4. The van der Waals surface area contributed by atoms with Crippen LogP contribution in [0.3, 0.4) is 0 Å². The molecule has 27 heavy (non-hydrogen) atoms. The highest BCUT2D eigenvalue weighted by Crippen LogP contribution is 2.41. The van der Waals surface area contributed by atoms with Gasteiger partial charge in [0.1, 0.15) is 0 Å². The second-order valence-electron chi connectivity index (χ2n) is 7.96. The molecule has 2 aliphatic rings. The number of carbonyl (C=O) groups excluding carboxylic acids is 1. The van der Waals surface area contributed by atoms with Gasteiger partial charge in [0, 0.05) is 23.5 Å². The monoisotopic (exact) mass is 365 g/mol. The second-order valence-corrected chi connectivity index (χ2v) is 7.96. The third-order valence-corrected chi connectivity index (χ3v) is 6.42. The summed E-state index contributed by atoms with van der Waals surface area (Å²) in [5.74, 6) is 0.0559. The largest absolute Gasteiger partial charge is 0.315 e. The number of benzene rings is 1. The predicted octanol–water partition coefficient (Wildman–Crippen LogP) is 4.16. The average Bonchev–Trinajstić information content (AvgIpc) is 3.24. The van der Waals surface area contributed by atoms with Crippen molar-refractivity contribution in [1.82, 2.24) is 9.47 Å². The van der Waals surface area contributed by atoms with E-state index in [0.29, 0.717) is 41.5 Å². The van der Waals surface area contributed by atoms with Gasteiger partial charge < -0.3 is 4.57 Å². The molecule has 1 aromatic heterocycles. The zero-order valence-electron chi connectivity index (χ0n) is 16.0. The van der Waals surface area contributed by atoms with Crippen LogP contribution in [0.25, 0.3) is 5.69 Å². The van der Waals surface area contributed by atoms with Crippen molar-refractivity contribution >= 4 is 5.78 Å². The van der Waals surface area contributed by atoms with Gasteiger partial charge in [-0.3, -0.25) is 9.69 Å². The molecule has 2 aliphatic heterocycles. The highest BCUT2D eigenvalue weighted by atomic mass is 19.1. The fourth-order valence-corrected chi connectivity index (χ4v) is 5.11. The van der Waals surface area contributed by atoms with E-state index in [4.69, 9.17) is 5.26 Å². The minimum Gasteiger partial charge on any atom is -0.315 e. The van der Waals surface area contributed by atoms with Gasteiger partial charge in [-0.2, -0.15) is 5.26 Å². The van der Waals surface area contributed by atoms with Crippen molar-refractivity contribution in [2.75, 3.05) is 6.54 Å². The SMILES string of the molecule is Cc1c(F)c(C(=O)CN2[C@@H]3CC[C@H]2[C@@H](C)C3)c(C)n1-c1ccc(C#N)cc1. The van der Waals surface area contributed by atoms with Crippen LogP contribution in [-0.2, 0) is 0 Å². The molecule has 5 heteroatoms. The highest BCUT2D eigenvalue weighted by molar-refractivity contribution is 5.99. The number of hydrogen-bond donors (Lipinski definition) is 0. The molecule has 1 aromatic carbocycles. The number of nitriles is 1. The van der Waals surface area contributed by atoms with Crippen LogP contribution in [-0.4, -0.2) is 33.9 Å². The first-order valence-electron chi connectivity index (χ1n) is 9.59. The van der Waals surface area contributed by atoms with E-state index >= 15 is 4.39 Å². The highest BCUT2D eigenvalue weighted by Gasteiger charge is 2.45. The molecule has 0 saturated carbocycles. The van der Waals surface area contributed by atoms with Gasteiger partial charge in [0.25, 0.3) is 0 Å². The number of carbonyl (C=O) groups is 1. The lowest BCUT2D eigenvalue weighted by Gasteiger charge is -2.22. The van der Waals surface area contributed by atoms with Crippen molar-refractivity contribution in [3.63, 3.8) is 0 Å². The number of nitrogens with zero attached hydrogens (tertiary/aromatic N) is 3. The van der Waals surface area contributed by atoms with Gasteiger partial charge in [0.15, 0.2) is 11.6 Å². The van der Waals surface area contributed by atoms with E-state index in [2.05, 4.69) is 17.9 Å². The summed E-state index contributed by atoms with van der Waals surface area (Å²) in [6.45, 7) is 6.04. The first-order valence-corrected chi connectivity index (χ1v) is 9.59. The molecule has 0 spiro atoms. The molecule has 0 aliphatic carbocycles. The summed E-state index contributed by atoms with van der Waals surface area (Å²) in [5.41, 5.74) is 2.57. The second kappa shape index (κ2) is 6.61. The van der Waals surface area contributed by atoms with Gasteiger partial charge in [0.2, 0.25) is 0 Å². The van der Waals surface area contributed by atoms with E-state index in [1.165, 1.54) is 0 Å². The van der Waals surface area contributed by atoms with Crippen molar-refractivity contribution in [3.05, 3.63) is 52.6 Å². The summed E-state index contributed by atoms with van der Waals surface area (Å²) in [7, 11) is 0. The zero-order chi connectivity index (χ0) is 19.3. The van der Waals surface area contributed by atoms with Gasteiger partial charge in [0.05, 0.1) is 29.4 Å². The molecule has 2 saturated heterocycles. The molecule has 2 fully saturated rings. The van der Waals surface area contributed by atoms with E-state index in [1.807, 2.05) is 0 Å². The summed E-state index contributed by atoms with van der Waals surface area (Å²) in [6.07, 6.45) is 3.44. The lowest BCUT2D eigenvalue weighted by atomic mass is 9.91. The van der Waals surface area contributed by atoms with Crippen molar-refractivity contribution in [3.8, 4) is 11.8 Å². The fraction of sp³-hybridized carbons (Fsp3) is 0.455. The van der Waals surface area contributed by atoms with Gasteiger partial charge in [-0.1, -0.05) is 6.92 Å². The maximum Gasteiger partial charge on any atom is 0.181 e. The third kappa shape index (κ3) is 2.80. The van der Waals surface area contributed by atoms with Crippen molar-refractivity contribution in [2.45, 2.75) is 52.1 Å². The molecule has 2 bridgehead atoms. The summed E-state index contributed by atoms with van der Waals surface area (Å²) in [6, 6.07) is 10.0. The number of hydrogen-bond acceptors (Lipinski definition) is 3. The van der Waals surface area contributed by atoms with E-state index in [0.717, 1.165) is 24.9 Å². The summed E-state index contributed by atoms with van der Waals surface area (Å²) < 4.78 is 16.8. The van der Waals surface area contributed by atoms with E-state index in [1.54, 1.807) is 42.7 Å². The van der Waals surface area contributed by atoms with Crippen LogP contribution in [0.15, 0.2) is 24.3 Å². The third-order valence-electron chi connectivity index (χ3n) is 6.42. The van der Waals surface area contributed by atoms with Crippen molar-refractivity contribution in [1.29, 1.82) is 5.26 Å². The van der Waals surface area contributed by atoms with Crippen LogP contribution in [0.4, 0.5) is 4.39 Å². The normalized spacial score (nSPS) is 24.3. The minimum absolute atomic E-state index is 0.133. The smallest absolute Gasteiger partial charge is 0.181 e. The standard InChI is InChI=1S/C22H24FN3O/c1-13-10-18-8-9-19(13)25(18)12-20(27)21-14(2)26(15(3)22(21)23)17-6-4-16(11-24)5-7-17/h4-7,13,18-19H,8-10,12H2,1-3H3/t13-,18+,19-/m0/s1. The Morgan fingerprint density at radius 3 is 2.48 bits per heavy atom. The Balaban J connectivity index is 1.65. The average molecular weight is 365 g/mol. The number of halogens is 1. The molecule has 3 atom stereocenters. The summed E-state index contributed by atoms with van der Waals surface area (Å²) in [5, 5.41) is 8.97. The molecule has 0 radical (unpaired) electrons. The fourth-order valence-electron chi connectivity index (χ4n) is 5.11. The number of fused-ring (bicyclic) bond motifs is 2. The van der Waals surface area contributed by atoms with Crippen LogP contribution >= 0.6 is 0 Å². The minimum atomic E-state index is -0.429. The Kier molecular flexibility index (Phi) is 4.39. The van der Waals surface area contributed by atoms with Crippen LogP contribution in [0.5, 0.6) is 0 Å². The molecule has 0 amide bonds. The van der Waals surface area contributed by atoms with Crippen molar-refractivity contribution < 1.29 is 9.18 Å². The van der Waals surface area contributed by atoms with Gasteiger partial charge in [-0.25, -0.2) is 4.39 Å². The molecule has 4 nitrogen and oxygen atoms in total. The van der Waals surface area contributed by atoms with Crippen LogP contribution in [0.1, 0.15) is 53.5 Å². The Morgan fingerprint density at radius 1 is 1.22 bits per heavy atom. The van der Waals surface area contributed by atoms with Gasteiger partial charge >= 0.3 is 0 Å². The maximum absolute atomic E-state index is 15.0. The topological polar surface area (TPSA) is 49.0 Å². The van der Waals surface area contributed by atoms with Crippen LogP contribution in [0, 0.1) is 36.9 Å². The number of aromatic nitrogens is 1. The molecule has 0 unspecified atom stereocenters. The Labute approximate surface area is 159 Å². The number of ketones is 1. The quantitative estimate of drug-likeness (QED) is 0.765. The predicted molar refractivity (Wildman–Crippen MR) is 102 cm³/mol. The van der Waals surface area contributed by atoms with Crippen LogP contribution < -0.4 is 0 Å². The van der Waals surface area contributed by atoms with E-state index in [9.17, 15) is 4.79 Å². The molecular formula is C22H24FN3O. The molecule has 3 heterocycles. The maximum atomic E-state index is 15.0. The zero-order valence-corrected chi connectivity index (χ0v) is 16.0. The summed E-state index contributed by atoms with van der Waals surface area (Å²) in [4.78, 5) is 15.3. The first-order chi connectivity index (χ1) is 12.9. The lowest BCUT2D eigenvalue weighted by molar-refractivity contribution is 0.0909. The lowest BCUT2D eigenvalue weighted by Crippen LogP contribution is -2.35. The Hall–Kier alpha value is -2.45.